The molecule has 17 nitrogen and oxygen atoms in total. The van der Waals surface area contributed by atoms with Gasteiger partial charge >= 0.3 is 6.01 Å². The van der Waals surface area contributed by atoms with Crippen molar-refractivity contribution in [1.29, 1.82) is 0 Å². The summed E-state index contributed by atoms with van der Waals surface area (Å²) in [6, 6.07) is 7.81. The number of aromatic nitrogens is 5. The zero-order valence-corrected chi connectivity index (χ0v) is 33.2. The molecule has 2 saturated heterocycles. The average Bonchev–Trinajstić information content (AvgIpc) is 3.75. The van der Waals surface area contributed by atoms with Crippen LogP contribution in [0.15, 0.2) is 42.7 Å². The molecule has 58 heavy (non-hydrogen) atoms. The minimum absolute atomic E-state index is 0.0569. The lowest BCUT2D eigenvalue weighted by Gasteiger charge is -2.28. The highest BCUT2D eigenvalue weighted by Gasteiger charge is 2.46. The molecule has 0 spiro atoms. The number of nitrogens with one attached hydrogen (secondary N) is 3. The molecular formula is C41H50N10O7. The Morgan fingerprint density at radius 3 is 2.50 bits per heavy atom. The van der Waals surface area contributed by atoms with Gasteiger partial charge in [0.05, 0.1) is 48.1 Å². The molecule has 2 fully saturated rings. The maximum atomic E-state index is 13.2. The Labute approximate surface area is 336 Å². The first-order valence-corrected chi connectivity index (χ1v) is 20.1. The number of anilines is 2. The minimum atomic E-state index is -1.03. The molecule has 3 aliphatic rings. The maximum Gasteiger partial charge on any atom is 0.322 e. The third kappa shape index (κ3) is 9.25. The fourth-order valence-electron chi connectivity index (χ4n) is 7.40. The molecule has 306 valence electrons. The molecule has 0 radical (unpaired) electrons. The minimum Gasteiger partial charge on any atom is -0.493 e. The molecule has 17 heteroatoms. The second kappa shape index (κ2) is 18.1. The lowest BCUT2D eigenvalue weighted by atomic mass is 10.0. The summed E-state index contributed by atoms with van der Waals surface area (Å²) < 4.78 is 13.9. The third-order valence-corrected chi connectivity index (χ3v) is 10.7. The fraction of sp³-hybridized carbons (Fsp3) is 0.488. The first-order valence-electron chi connectivity index (χ1n) is 20.1. The molecule has 1 aromatic carbocycles. The van der Waals surface area contributed by atoms with E-state index in [0.29, 0.717) is 48.6 Å². The summed E-state index contributed by atoms with van der Waals surface area (Å²) in [5.41, 5.74) is 3.43. The lowest BCUT2D eigenvalue weighted by Crippen LogP contribution is -2.54. The molecule has 5 amide bonds. The van der Waals surface area contributed by atoms with E-state index in [1.165, 1.54) is 0 Å². The van der Waals surface area contributed by atoms with Gasteiger partial charge in [-0.2, -0.15) is 19.6 Å². The molecule has 3 N–H and O–H groups in total. The van der Waals surface area contributed by atoms with Crippen molar-refractivity contribution in [3.8, 4) is 11.8 Å². The molecule has 0 aliphatic carbocycles. The normalized spacial score (nSPS) is 17.5. The van der Waals surface area contributed by atoms with Crippen LogP contribution in [0.25, 0.3) is 5.65 Å². The van der Waals surface area contributed by atoms with Crippen molar-refractivity contribution >= 4 is 46.8 Å². The van der Waals surface area contributed by atoms with Gasteiger partial charge in [-0.1, -0.05) is 39.2 Å². The topological polar surface area (TPSA) is 202 Å². The van der Waals surface area contributed by atoms with Crippen molar-refractivity contribution in [1.82, 2.24) is 39.7 Å². The SMILES string of the molecule is CC(C)c1cnn2c(NCc3ccc(NC(=O)CCCCCCCOc4cccc5c4C(=O)N(C4CCC(=O)NC4=O)C5=O)cn3)nc(OC3CCN(C)CC3)nc12. The maximum absolute atomic E-state index is 13.2. The molecule has 0 bridgehead atoms. The molecule has 0 saturated carbocycles. The number of carbonyl (C=O) groups excluding carboxylic acids is 5. The number of piperidine rings is 2. The number of benzene rings is 1. The van der Waals surface area contributed by atoms with Crippen LogP contribution < -0.4 is 25.4 Å². The van der Waals surface area contributed by atoms with Gasteiger partial charge in [-0.15, -0.1) is 0 Å². The van der Waals surface area contributed by atoms with Crippen molar-refractivity contribution in [3.05, 3.63) is 65.1 Å². The summed E-state index contributed by atoms with van der Waals surface area (Å²) in [6.45, 7) is 6.87. The quantitative estimate of drug-likeness (QED) is 0.0998. The Morgan fingerprint density at radius 2 is 1.74 bits per heavy atom. The zero-order chi connectivity index (χ0) is 40.8. The predicted octanol–water partition coefficient (Wildman–Crippen LogP) is 4.49. The van der Waals surface area contributed by atoms with Crippen LogP contribution in [0.4, 0.5) is 11.6 Å². The van der Waals surface area contributed by atoms with Crippen LogP contribution >= 0.6 is 0 Å². The van der Waals surface area contributed by atoms with Gasteiger partial charge in [0.15, 0.2) is 5.65 Å². The van der Waals surface area contributed by atoms with Gasteiger partial charge in [0.2, 0.25) is 23.7 Å². The number of likely N-dealkylation sites (tertiary alicyclic amines) is 1. The number of pyridine rings is 1. The molecule has 1 unspecified atom stereocenters. The van der Waals surface area contributed by atoms with E-state index in [1.807, 2.05) is 18.3 Å². The van der Waals surface area contributed by atoms with Crippen LogP contribution in [0.1, 0.15) is 116 Å². The lowest BCUT2D eigenvalue weighted by molar-refractivity contribution is -0.136. The first-order chi connectivity index (χ1) is 28.0. The number of nitrogens with zero attached hydrogens (tertiary/aromatic N) is 7. The Balaban J connectivity index is 0.817. The van der Waals surface area contributed by atoms with Gasteiger partial charge < -0.3 is 25.0 Å². The van der Waals surface area contributed by atoms with E-state index >= 15 is 0 Å². The van der Waals surface area contributed by atoms with Crippen molar-refractivity contribution in [2.24, 2.45) is 0 Å². The van der Waals surface area contributed by atoms with Gasteiger partial charge in [0.25, 0.3) is 11.8 Å². The standard InChI is InChI=1S/C41H50N10O7/c1-25(2)30-24-44-51-36(30)47-41(58-28-17-19-49(3)20-18-28)48-40(51)43-22-26-13-14-27(23-42-26)45-33(52)12-7-5-4-6-8-21-57-32-11-9-10-29-35(32)39(56)50(38(29)55)31-15-16-34(53)46-37(31)54/h9-11,13-14,23-25,28,31H,4-8,12,15-22H2,1-3H3,(H,45,52)(H,43,47,48)(H,46,53,54). The second-order valence-corrected chi connectivity index (χ2v) is 15.4. The van der Waals surface area contributed by atoms with Gasteiger partial charge in [-0.3, -0.25) is 39.2 Å². The van der Waals surface area contributed by atoms with Crippen molar-refractivity contribution in [2.45, 2.75) is 103 Å². The summed E-state index contributed by atoms with van der Waals surface area (Å²) in [5.74, 6) is -1.28. The molecule has 3 aromatic heterocycles. The van der Waals surface area contributed by atoms with Crippen LogP contribution in [0.2, 0.25) is 0 Å². The van der Waals surface area contributed by atoms with Gasteiger partial charge in [-0.05, 0) is 69.3 Å². The van der Waals surface area contributed by atoms with Crippen molar-refractivity contribution in [2.75, 3.05) is 37.4 Å². The van der Waals surface area contributed by atoms with Gasteiger partial charge in [-0.25, -0.2) is 0 Å². The average molecular weight is 795 g/mol. The number of hydrogen-bond donors (Lipinski definition) is 3. The number of fused-ring (bicyclic) bond motifs is 2. The number of amides is 5. The fourth-order valence-corrected chi connectivity index (χ4v) is 7.40. The summed E-state index contributed by atoms with van der Waals surface area (Å²) in [5, 5.41) is 13.0. The zero-order valence-electron chi connectivity index (χ0n) is 33.2. The van der Waals surface area contributed by atoms with E-state index in [2.05, 4.69) is 56.8 Å². The van der Waals surface area contributed by atoms with Crippen molar-refractivity contribution in [3.63, 3.8) is 0 Å². The molecular weight excluding hydrogens is 745 g/mol. The van der Waals surface area contributed by atoms with E-state index in [0.717, 1.165) is 74.2 Å². The summed E-state index contributed by atoms with van der Waals surface area (Å²) in [4.78, 5) is 80.1. The van der Waals surface area contributed by atoms with E-state index < -0.39 is 29.7 Å². The van der Waals surface area contributed by atoms with E-state index in [4.69, 9.17) is 14.5 Å². The summed E-state index contributed by atoms with van der Waals surface area (Å²) >= 11 is 0. The third-order valence-electron chi connectivity index (χ3n) is 10.7. The van der Waals surface area contributed by atoms with Crippen molar-refractivity contribution < 1.29 is 33.4 Å². The number of imide groups is 2. The number of carbonyl (C=O) groups is 5. The molecule has 7 rings (SSSR count). The van der Waals surface area contributed by atoms with Gasteiger partial charge in [0.1, 0.15) is 17.9 Å². The Hall–Kier alpha value is -5.97. The number of rotatable bonds is 17. The second-order valence-electron chi connectivity index (χ2n) is 15.4. The van der Waals surface area contributed by atoms with Gasteiger partial charge in [0, 0.05) is 31.5 Å². The van der Waals surface area contributed by atoms with E-state index in [9.17, 15) is 24.0 Å². The van der Waals surface area contributed by atoms with Crippen LogP contribution in [0, 0.1) is 0 Å². The summed E-state index contributed by atoms with van der Waals surface area (Å²) in [6.07, 6.45) is 9.95. The number of ether oxygens (including phenoxy) is 2. The van der Waals surface area contributed by atoms with E-state index in [-0.39, 0.29) is 41.9 Å². The van der Waals surface area contributed by atoms with E-state index in [1.54, 1.807) is 28.9 Å². The highest BCUT2D eigenvalue weighted by atomic mass is 16.5. The highest BCUT2D eigenvalue weighted by Crippen LogP contribution is 2.34. The predicted molar refractivity (Wildman–Crippen MR) is 213 cm³/mol. The molecule has 1 atom stereocenters. The summed E-state index contributed by atoms with van der Waals surface area (Å²) in [7, 11) is 2.11. The molecule has 6 heterocycles. The Morgan fingerprint density at radius 1 is 0.948 bits per heavy atom. The Kier molecular flexibility index (Phi) is 12.5. The van der Waals surface area contributed by atoms with Crippen LogP contribution in [-0.2, 0) is 20.9 Å². The first kappa shape index (κ1) is 40.2. The molecule has 3 aliphatic heterocycles. The molecule has 4 aromatic rings. The number of hydrogen-bond acceptors (Lipinski definition) is 13. The Bertz CT molecular complexity index is 2160. The van der Waals surface area contributed by atoms with Crippen LogP contribution in [-0.4, -0.2) is 103 Å². The van der Waals surface area contributed by atoms with Crippen LogP contribution in [0.5, 0.6) is 11.8 Å². The monoisotopic (exact) mass is 794 g/mol. The smallest absolute Gasteiger partial charge is 0.322 e. The highest BCUT2D eigenvalue weighted by molar-refractivity contribution is 6.24. The largest absolute Gasteiger partial charge is 0.493 e. The number of unbranched alkanes of at least 4 members (excludes halogenated alkanes) is 4. The van der Waals surface area contributed by atoms with Crippen LogP contribution in [0.3, 0.4) is 0 Å².